The molecule has 1 amide bonds. The van der Waals surface area contributed by atoms with Crippen molar-refractivity contribution in [1.82, 2.24) is 15.2 Å². The summed E-state index contributed by atoms with van der Waals surface area (Å²) >= 11 is 0. The molecule has 0 radical (unpaired) electrons. The maximum absolute atomic E-state index is 12.8. The largest absolute Gasteiger partial charge is 0.433 e. The van der Waals surface area contributed by atoms with Crippen molar-refractivity contribution in [3.8, 4) is 0 Å². The summed E-state index contributed by atoms with van der Waals surface area (Å²) in [6.07, 6.45) is -4.47. The third kappa shape index (κ3) is 5.44. The fourth-order valence-electron chi connectivity index (χ4n) is 3.12. The molecule has 2 aromatic rings. The van der Waals surface area contributed by atoms with E-state index in [-0.39, 0.29) is 11.6 Å². The summed E-state index contributed by atoms with van der Waals surface area (Å²) in [5.41, 5.74) is -0.655. The Morgan fingerprint density at radius 1 is 1.10 bits per heavy atom. The van der Waals surface area contributed by atoms with Crippen molar-refractivity contribution in [1.29, 1.82) is 0 Å². The number of carbonyl (C=O) groups is 1. The lowest BCUT2D eigenvalue weighted by molar-refractivity contribution is -0.384. The Morgan fingerprint density at radius 3 is 2.37 bits per heavy atom. The van der Waals surface area contributed by atoms with Gasteiger partial charge in [-0.3, -0.25) is 19.8 Å². The Kier molecular flexibility index (Phi) is 6.50. The lowest BCUT2D eigenvalue weighted by Gasteiger charge is -2.35. The molecule has 0 aliphatic carbocycles. The van der Waals surface area contributed by atoms with E-state index in [9.17, 15) is 28.1 Å². The Bertz CT molecular complexity index is 897. The second-order valence-corrected chi connectivity index (χ2v) is 6.77. The smallest absolute Gasteiger partial charge is 0.354 e. The predicted molar refractivity (Wildman–Crippen MR) is 103 cm³/mol. The van der Waals surface area contributed by atoms with Crippen molar-refractivity contribution >= 4 is 17.4 Å². The molecule has 0 spiro atoms. The van der Waals surface area contributed by atoms with E-state index in [1.54, 1.807) is 11.0 Å². The molecule has 1 aliphatic heterocycles. The third-order valence-electron chi connectivity index (χ3n) is 4.78. The molecule has 1 aromatic heterocycles. The number of amides is 1. The predicted octanol–water partition coefficient (Wildman–Crippen LogP) is 2.56. The van der Waals surface area contributed by atoms with Crippen molar-refractivity contribution in [3.63, 3.8) is 0 Å². The van der Waals surface area contributed by atoms with Gasteiger partial charge in [0.25, 0.3) is 11.6 Å². The van der Waals surface area contributed by atoms with Gasteiger partial charge in [-0.1, -0.05) is 6.07 Å². The minimum Gasteiger partial charge on any atom is -0.354 e. The molecule has 1 aromatic carbocycles. The summed E-state index contributed by atoms with van der Waals surface area (Å²) in [7, 11) is 0. The minimum absolute atomic E-state index is 0.0836. The molecular formula is C19H20F3N5O3. The molecular weight excluding hydrogens is 403 g/mol. The van der Waals surface area contributed by atoms with Gasteiger partial charge in [-0.05, 0) is 24.3 Å². The van der Waals surface area contributed by atoms with E-state index in [4.69, 9.17) is 0 Å². The van der Waals surface area contributed by atoms with Crippen LogP contribution >= 0.6 is 0 Å². The summed E-state index contributed by atoms with van der Waals surface area (Å²) in [5, 5.41) is 13.4. The van der Waals surface area contributed by atoms with Crippen LogP contribution in [0.25, 0.3) is 0 Å². The van der Waals surface area contributed by atoms with Crippen LogP contribution in [0.4, 0.5) is 24.7 Å². The van der Waals surface area contributed by atoms with Gasteiger partial charge in [-0.15, -0.1) is 0 Å². The van der Waals surface area contributed by atoms with Crippen molar-refractivity contribution in [3.05, 3.63) is 63.8 Å². The number of carbonyl (C=O) groups excluding carboxylic acids is 1. The standard InChI is InChI=1S/C19H20F3N5O3/c20-19(21,22)16-2-1-3-17(24-16)26-12-10-25(11-13-26)9-8-23-18(28)14-4-6-15(7-5-14)27(29)30/h1-7H,8-13H2,(H,23,28). The highest BCUT2D eigenvalue weighted by molar-refractivity contribution is 5.94. The second kappa shape index (κ2) is 9.08. The molecule has 2 heterocycles. The van der Waals surface area contributed by atoms with E-state index in [0.717, 1.165) is 6.07 Å². The molecule has 3 rings (SSSR count). The average Bonchev–Trinajstić information content (AvgIpc) is 2.73. The van der Waals surface area contributed by atoms with Crippen LogP contribution in [0.2, 0.25) is 0 Å². The molecule has 1 fully saturated rings. The number of hydrogen-bond acceptors (Lipinski definition) is 6. The number of hydrogen-bond donors (Lipinski definition) is 1. The summed E-state index contributed by atoms with van der Waals surface area (Å²) in [5.74, 6) is -0.0207. The molecule has 160 valence electrons. The highest BCUT2D eigenvalue weighted by Crippen LogP contribution is 2.29. The Hall–Kier alpha value is -3.21. The molecule has 1 aliphatic rings. The van der Waals surface area contributed by atoms with E-state index < -0.39 is 16.8 Å². The van der Waals surface area contributed by atoms with Crippen LogP contribution in [0.15, 0.2) is 42.5 Å². The first-order valence-electron chi connectivity index (χ1n) is 9.28. The quantitative estimate of drug-likeness (QED) is 0.567. The molecule has 0 unspecified atom stereocenters. The molecule has 0 saturated carbocycles. The van der Waals surface area contributed by atoms with Crippen molar-refractivity contribution in [2.45, 2.75) is 6.18 Å². The summed E-state index contributed by atoms with van der Waals surface area (Å²) in [6.45, 7) is 3.30. The zero-order chi connectivity index (χ0) is 21.7. The molecule has 0 bridgehead atoms. The van der Waals surface area contributed by atoms with E-state index in [2.05, 4.69) is 15.2 Å². The number of nitrogens with zero attached hydrogens (tertiary/aromatic N) is 4. The van der Waals surface area contributed by atoms with Crippen LogP contribution in [0.1, 0.15) is 16.1 Å². The maximum atomic E-state index is 12.8. The monoisotopic (exact) mass is 423 g/mol. The van der Waals surface area contributed by atoms with Gasteiger partial charge in [0, 0.05) is 57.0 Å². The van der Waals surface area contributed by atoms with Gasteiger partial charge >= 0.3 is 6.18 Å². The van der Waals surface area contributed by atoms with Gasteiger partial charge in [0.2, 0.25) is 0 Å². The minimum atomic E-state index is -4.47. The highest BCUT2D eigenvalue weighted by atomic mass is 19.4. The molecule has 30 heavy (non-hydrogen) atoms. The second-order valence-electron chi connectivity index (χ2n) is 6.77. The van der Waals surface area contributed by atoms with Gasteiger partial charge < -0.3 is 10.2 Å². The SMILES string of the molecule is O=C(NCCN1CCN(c2cccc(C(F)(F)F)n2)CC1)c1ccc([N+](=O)[O-])cc1. The summed E-state index contributed by atoms with van der Waals surface area (Å²) in [4.78, 5) is 29.8. The maximum Gasteiger partial charge on any atom is 0.433 e. The number of nitrogens with one attached hydrogen (secondary N) is 1. The van der Waals surface area contributed by atoms with Gasteiger partial charge in [-0.25, -0.2) is 4.98 Å². The molecule has 8 nitrogen and oxygen atoms in total. The Labute approximate surface area is 170 Å². The summed E-state index contributed by atoms with van der Waals surface area (Å²) < 4.78 is 38.5. The summed E-state index contributed by atoms with van der Waals surface area (Å²) in [6, 6.07) is 9.21. The number of aromatic nitrogens is 1. The number of halogens is 3. The number of rotatable bonds is 6. The average molecular weight is 423 g/mol. The zero-order valence-electron chi connectivity index (χ0n) is 15.9. The fourth-order valence-corrected chi connectivity index (χ4v) is 3.12. The zero-order valence-corrected chi connectivity index (χ0v) is 15.9. The number of piperazine rings is 1. The Balaban J connectivity index is 1.44. The van der Waals surface area contributed by atoms with E-state index in [1.807, 2.05) is 0 Å². The molecule has 11 heteroatoms. The van der Waals surface area contributed by atoms with Crippen molar-refractivity contribution < 1.29 is 22.9 Å². The number of benzene rings is 1. The van der Waals surface area contributed by atoms with Crippen LogP contribution in [-0.4, -0.2) is 60.0 Å². The topological polar surface area (TPSA) is 91.6 Å². The number of alkyl halides is 3. The van der Waals surface area contributed by atoms with Crippen LogP contribution in [0.3, 0.4) is 0 Å². The fraction of sp³-hybridized carbons (Fsp3) is 0.368. The van der Waals surface area contributed by atoms with Crippen LogP contribution < -0.4 is 10.2 Å². The van der Waals surface area contributed by atoms with Crippen LogP contribution in [-0.2, 0) is 6.18 Å². The van der Waals surface area contributed by atoms with Crippen molar-refractivity contribution in [2.75, 3.05) is 44.2 Å². The number of nitro benzene ring substituents is 1. The van der Waals surface area contributed by atoms with E-state index in [0.29, 0.717) is 50.6 Å². The first-order valence-corrected chi connectivity index (χ1v) is 9.28. The lowest BCUT2D eigenvalue weighted by Crippen LogP contribution is -2.48. The van der Waals surface area contributed by atoms with E-state index in [1.165, 1.54) is 30.3 Å². The lowest BCUT2D eigenvalue weighted by atomic mass is 10.2. The van der Waals surface area contributed by atoms with Crippen LogP contribution in [0.5, 0.6) is 0 Å². The van der Waals surface area contributed by atoms with Gasteiger partial charge in [-0.2, -0.15) is 13.2 Å². The first-order chi connectivity index (χ1) is 14.2. The third-order valence-corrected chi connectivity index (χ3v) is 4.78. The van der Waals surface area contributed by atoms with E-state index >= 15 is 0 Å². The van der Waals surface area contributed by atoms with Gasteiger partial charge in [0.05, 0.1) is 4.92 Å². The first kappa shape index (κ1) is 21.5. The molecule has 0 atom stereocenters. The molecule has 1 saturated heterocycles. The van der Waals surface area contributed by atoms with Crippen LogP contribution in [0, 0.1) is 10.1 Å². The normalized spacial score (nSPS) is 15.1. The number of pyridine rings is 1. The number of anilines is 1. The number of nitro groups is 1. The Morgan fingerprint density at radius 2 is 1.77 bits per heavy atom. The van der Waals surface area contributed by atoms with Gasteiger partial charge in [0.15, 0.2) is 0 Å². The van der Waals surface area contributed by atoms with Gasteiger partial charge in [0.1, 0.15) is 11.5 Å². The highest BCUT2D eigenvalue weighted by Gasteiger charge is 2.33. The molecule has 1 N–H and O–H groups in total. The number of non-ortho nitro benzene ring substituents is 1. The van der Waals surface area contributed by atoms with Crippen molar-refractivity contribution in [2.24, 2.45) is 0 Å².